The topological polar surface area (TPSA) is 69.6 Å². The lowest BCUT2D eigenvalue weighted by molar-refractivity contribution is -0.137. The van der Waals surface area contributed by atoms with Crippen molar-refractivity contribution in [2.75, 3.05) is 6.54 Å². The summed E-state index contributed by atoms with van der Waals surface area (Å²) in [6.45, 7) is 4.46. The molecule has 2 amide bonds. The lowest BCUT2D eigenvalue weighted by Gasteiger charge is -2.21. The van der Waals surface area contributed by atoms with E-state index >= 15 is 0 Å². The molecule has 0 aromatic heterocycles. The second-order valence-corrected chi connectivity index (χ2v) is 3.65. The van der Waals surface area contributed by atoms with E-state index in [1.54, 1.807) is 4.90 Å². The molecule has 14 heavy (non-hydrogen) atoms. The molecule has 0 spiro atoms. The van der Waals surface area contributed by atoms with Gasteiger partial charge >= 0.3 is 12.0 Å². The van der Waals surface area contributed by atoms with Crippen LogP contribution in [0.2, 0.25) is 0 Å². The van der Waals surface area contributed by atoms with Gasteiger partial charge in [-0.15, -0.1) is 0 Å². The summed E-state index contributed by atoms with van der Waals surface area (Å²) in [6, 6.07) is -0.214. The Kier molecular flexibility index (Phi) is 3.33. The molecule has 2 unspecified atom stereocenters. The van der Waals surface area contributed by atoms with Crippen molar-refractivity contribution in [2.24, 2.45) is 0 Å². The number of carbonyl (C=O) groups excluding carboxylic acids is 1. The second-order valence-electron chi connectivity index (χ2n) is 3.65. The molecule has 0 aliphatic carbocycles. The Morgan fingerprint density at radius 3 is 2.93 bits per heavy atom. The first-order valence-corrected chi connectivity index (χ1v) is 4.83. The molecule has 0 saturated carbocycles. The number of hydrogen-bond donors (Lipinski definition) is 2. The average Bonchev–Trinajstić information content (AvgIpc) is 2.44. The smallest absolute Gasteiger partial charge is 0.318 e. The fraction of sp³-hybridized carbons (Fsp3) is 0.778. The van der Waals surface area contributed by atoms with Crippen LogP contribution < -0.4 is 5.32 Å². The van der Waals surface area contributed by atoms with Crippen LogP contribution in [0.4, 0.5) is 4.79 Å². The minimum atomic E-state index is -0.874. The zero-order valence-corrected chi connectivity index (χ0v) is 8.49. The van der Waals surface area contributed by atoms with E-state index in [1.165, 1.54) is 0 Å². The molecule has 1 heterocycles. The van der Waals surface area contributed by atoms with Crippen LogP contribution in [0.1, 0.15) is 26.7 Å². The third-order valence-electron chi connectivity index (χ3n) is 2.55. The van der Waals surface area contributed by atoms with Crippen molar-refractivity contribution < 1.29 is 14.7 Å². The van der Waals surface area contributed by atoms with Crippen molar-refractivity contribution in [1.82, 2.24) is 10.2 Å². The molecule has 2 atom stereocenters. The zero-order valence-electron chi connectivity index (χ0n) is 8.49. The fourth-order valence-corrected chi connectivity index (χ4v) is 1.55. The first-order valence-electron chi connectivity index (χ1n) is 4.83. The van der Waals surface area contributed by atoms with Gasteiger partial charge in [0.05, 0.1) is 12.5 Å². The number of carbonyl (C=O) groups is 2. The number of hydrogen-bond acceptors (Lipinski definition) is 2. The van der Waals surface area contributed by atoms with E-state index in [1.807, 2.05) is 13.8 Å². The van der Waals surface area contributed by atoms with Crippen LogP contribution in [0.3, 0.4) is 0 Å². The van der Waals surface area contributed by atoms with Gasteiger partial charge in [0.2, 0.25) is 0 Å². The van der Waals surface area contributed by atoms with E-state index in [0.29, 0.717) is 6.54 Å². The highest BCUT2D eigenvalue weighted by atomic mass is 16.4. The van der Waals surface area contributed by atoms with Crippen molar-refractivity contribution in [3.05, 3.63) is 0 Å². The molecule has 0 aromatic carbocycles. The fourth-order valence-electron chi connectivity index (χ4n) is 1.55. The van der Waals surface area contributed by atoms with Crippen LogP contribution in [0.25, 0.3) is 0 Å². The molecule has 0 radical (unpaired) electrons. The molecule has 5 heteroatoms. The van der Waals surface area contributed by atoms with E-state index in [2.05, 4.69) is 5.32 Å². The summed E-state index contributed by atoms with van der Waals surface area (Å²) < 4.78 is 0. The third kappa shape index (κ3) is 2.37. The number of carboxylic acid groups (broad SMARTS) is 1. The molecule has 1 rings (SSSR count). The molecule has 1 fully saturated rings. The van der Waals surface area contributed by atoms with Crippen molar-refractivity contribution in [3.8, 4) is 0 Å². The largest absolute Gasteiger partial charge is 0.481 e. The van der Waals surface area contributed by atoms with Crippen LogP contribution in [0.15, 0.2) is 0 Å². The standard InChI is InChI=1S/C9H16N2O3/c1-3-6(2)11-5-7(4-8(12)13)10-9(11)14/h6-7H,3-5H2,1-2H3,(H,10,14)(H,12,13). The summed E-state index contributed by atoms with van der Waals surface area (Å²) in [5, 5.41) is 11.2. The van der Waals surface area contributed by atoms with E-state index in [0.717, 1.165) is 6.42 Å². The monoisotopic (exact) mass is 200 g/mol. The van der Waals surface area contributed by atoms with E-state index in [4.69, 9.17) is 5.11 Å². The number of rotatable bonds is 4. The molecule has 1 aliphatic rings. The first-order chi connectivity index (χ1) is 6.54. The predicted octanol–water partition coefficient (Wildman–Crippen LogP) is 0.653. The normalized spacial score (nSPS) is 23.4. The van der Waals surface area contributed by atoms with Crippen molar-refractivity contribution in [1.29, 1.82) is 0 Å². The Balaban J connectivity index is 2.51. The Morgan fingerprint density at radius 2 is 2.43 bits per heavy atom. The summed E-state index contributed by atoms with van der Waals surface area (Å²) >= 11 is 0. The van der Waals surface area contributed by atoms with Gasteiger partial charge in [-0.3, -0.25) is 4.79 Å². The lowest BCUT2D eigenvalue weighted by Crippen LogP contribution is -2.35. The molecule has 1 aliphatic heterocycles. The average molecular weight is 200 g/mol. The maximum atomic E-state index is 11.4. The van der Waals surface area contributed by atoms with Crippen molar-refractivity contribution in [2.45, 2.75) is 38.8 Å². The minimum Gasteiger partial charge on any atom is -0.481 e. The summed E-state index contributed by atoms with van der Waals surface area (Å²) in [5.41, 5.74) is 0. The van der Waals surface area contributed by atoms with Crippen molar-refractivity contribution >= 4 is 12.0 Å². The number of amides is 2. The second kappa shape index (κ2) is 4.30. The van der Waals surface area contributed by atoms with Gasteiger partial charge in [0, 0.05) is 12.6 Å². The van der Waals surface area contributed by atoms with Gasteiger partial charge in [0.1, 0.15) is 0 Å². The van der Waals surface area contributed by atoms with Crippen molar-refractivity contribution in [3.63, 3.8) is 0 Å². The van der Waals surface area contributed by atoms with Crippen LogP contribution in [0, 0.1) is 0 Å². The molecule has 0 bridgehead atoms. The highest BCUT2D eigenvalue weighted by molar-refractivity contribution is 5.78. The van der Waals surface area contributed by atoms with Crippen LogP contribution in [-0.4, -0.2) is 40.6 Å². The molecular formula is C9H16N2O3. The van der Waals surface area contributed by atoms with Gasteiger partial charge in [-0.25, -0.2) is 4.79 Å². The number of aliphatic carboxylic acids is 1. The number of urea groups is 1. The summed E-state index contributed by atoms with van der Waals surface area (Å²) in [7, 11) is 0. The predicted molar refractivity (Wildman–Crippen MR) is 51.0 cm³/mol. The summed E-state index contributed by atoms with van der Waals surface area (Å²) in [5.74, 6) is -0.874. The van der Waals surface area contributed by atoms with Gasteiger partial charge in [-0.05, 0) is 13.3 Å². The maximum Gasteiger partial charge on any atom is 0.318 e. The van der Waals surface area contributed by atoms with E-state index in [9.17, 15) is 9.59 Å². The van der Waals surface area contributed by atoms with Gasteiger partial charge in [-0.2, -0.15) is 0 Å². The SMILES string of the molecule is CCC(C)N1CC(CC(=O)O)NC1=O. The van der Waals surface area contributed by atoms with E-state index in [-0.39, 0.29) is 24.5 Å². The van der Waals surface area contributed by atoms with Crippen LogP contribution in [0.5, 0.6) is 0 Å². The minimum absolute atomic E-state index is 0.00132. The quantitative estimate of drug-likeness (QED) is 0.700. The Labute approximate surface area is 83.1 Å². The Hall–Kier alpha value is -1.26. The van der Waals surface area contributed by atoms with E-state index < -0.39 is 5.97 Å². The van der Waals surface area contributed by atoms with Crippen LogP contribution >= 0.6 is 0 Å². The van der Waals surface area contributed by atoms with Gasteiger partial charge in [0.15, 0.2) is 0 Å². The molecular weight excluding hydrogens is 184 g/mol. The number of nitrogens with one attached hydrogen (secondary N) is 1. The molecule has 2 N–H and O–H groups in total. The third-order valence-corrected chi connectivity index (χ3v) is 2.55. The highest BCUT2D eigenvalue weighted by Crippen LogP contribution is 2.12. The Bertz CT molecular complexity index is 242. The molecule has 1 saturated heterocycles. The molecule has 5 nitrogen and oxygen atoms in total. The zero-order chi connectivity index (χ0) is 10.7. The number of nitrogens with zero attached hydrogens (tertiary/aromatic N) is 1. The summed E-state index contributed by atoms with van der Waals surface area (Å²) in [4.78, 5) is 23.5. The molecule has 0 aromatic rings. The maximum absolute atomic E-state index is 11.4. The molecule has 80 valence electrons. The number of carboxylic acids is 1. The summed E-state index contributed by atoms with van der Waals surface area (Å²) in [6.07, 6.45) is 0.881. The first kappa shape index (κ1) is 10.8. The van der Waals surface area contributed by atoms with Gasteiger partial charge in [0.25, 0.3) is 0 Å². The Morgan fingerprint density at radius 1 is 1.79 bits per heavy atom. The van der Waals surface area contributed by atoms with Crippen LogP contribution in [-0.2, 0) is 4.79 Å². The highest BCUT2D eigenvalue weighted by Gasteiger charge is 2.32. The lowest BCUT2D eigenvalue weighted by atomic mass is 10.2. The van der Waals surface area contributed by atoms with Gasteiger partial charge in [-0.1, -0.05) is 6.92 Å². The van der Waals surface area contributed by atoms with Gasteiger partial charge < -0.3 is 15.3 Å².